The highest BCUT2D eigenvalue weighted by Gasteiger charge is 2.09. The third kappa shape index (κ3) is 5.23. The van der Waals surface area contributed by atoms with Gasteiger partial charge in [0.2, 0.25) is 5.91 Å². The van der Waals surface area contributed by atoms with Gasteiger partial charge >= 0.3 is 0 Å². The standard InChI is InChI=1S/C21H21N3O3S/c1-3-27-16-10-8-15(9-11-16)17-12-13-21(24-23-17)28-14-20(25)22-18-6-4-5-7-19(18)26-2/h4-13H,3,14H2,1-2H3,(H,22,25). The second-order valence-corrected chi connectivity index (χ2v) is 6.75. The molecular formula is C21H21N3O3S. The molecule has 0 radical (unpaired) electrons. The zero-order valence-electron chi connectivity index (χ0n) is 15.7. The highest BCUT2D eigenvalue weighted by atomic mass is 32.2. The molecule has 0 saturated heterocycles. The summed E-state index contributed by atoms with van der Waals surface area (Å²) in [5, 5.41) is 12.0. The first kappa shape index (κ1) is 19.7. The van der Waals surface area contributed by atoms with Crippen molar-refractivity contribution in [3.8, 4) is 22.8 Å². The molecule has 1 N–H and O–H groups in total. The van der Waals surface area contributed by atoms with E-state index in [4.69, 9.17) is 9.47 Å². The van der Waals surface area contributed by atoms with Gasteiger partial charge in [0.05, 0.1) is 30.9 Å². The van der Waals surface area contributed by atoms with Gasteiger partial charge in [0.25, 0.3) is 0 Å². The predicted molar refractivity (Wildman–Crippen MR) is 111 cm³/mol. The van der Waals surface area contributed by atoms with Gasteiger partial charge in [0.1, 0.15) is 16.5 Å². The first-order valence-corrected chi connectivity index (χ1v) is 9.80. The highest BCUT2D eigenvalue weighted by molar-refractivity contribution is 7.99. The van der Waals surface area contributed by atoms with Crippen molar-refractivity contribution in [3.05, 3.63) is 60.7 Å². The SMILES string of the molecule is CCOc1ccc(-c2ccc(SCC(=O)Nc3ccccc3OC)nn2)cc1. The number of hydrogen-bond acceptors (Lipinski definition) is 6. The van der Waals surface area contributed by atoms with E-state index in [0.717, 1.165) is 17.0 Å². The maximum atomic E-state index is 12.2. The Morgan fingerprint density at radius 1 is 1.04 bits per heavy atom. The van der Waals surface area contributed by atoms with Crippen molar-refractivity contribution < 1.29 is 14.3 Å². The van der Waals surface area contributed by atoms with Crippen LogP contribution in [0.15, 0.2) is 65.7 Å². The lowest BCUT2D eigenvalue weighted by atomic mass is 10.1. The molecule has 3 rings (SSSR count). The fourth-order valence-corrected chi connectivity index (χ4v) is 3.13. The summed E-state index contributed by atoms with van der Waals surface area (Å²) in [6.07, 6.45) is 0. The summed E-state index contributed by atoms with van der Waals surface area (Å²) in [4.78, 5) is 12.2. The Hall–Kier alpha value is -3.06. The summed E-state index contributed by atoms with van der Waals surface area (Å²) in [7, 11) is 1.57. The smallest absolute Gasteiger partial charge is 0.234 e. The molecule has 0 aliphatic heterocycles. The number of thioether (sulfide) groups is 1. The summed E-state index contributed by atoms with van der Waals surface area (Å²) in [5.74, 6) is 1.55. The van der Waals surface area contributed by atoms with Crippen molar-refractivity contribution in [1.82, 2.24) is 10.2 Å². The van der Waals surface area contributed by atoms with Gasteiger partial charge in [-0.05, 0) is 55.5 Å². The molecule has 0 aliphatic rings. The minimum Gasteiger partial charge on any atom is -0.495 e. The summed E-state index contributed by atoms with van der Waals surface area (Å²) < 4.78 is 10.7. The number of carbonyl (C=O) groups is 1. The lowest BCUT2D eigenvalue weighted by Gasteiger charge is -2.09. The Labute approximate surface area is 168 Å². The fourth-order valence-electron chi connectivity index (χ4n) is 2.51. The van der Waals surface area contributed by atoms with Gasteiger partial charge in [-0.3, -0.25) is 4.79 Å². The number of hydrogen-bond donors (Lipinski definition) is 1. The average Bonchev–Trinajstić information content (AvgIpc) is 2.74. The number of rotatable bonds is 8. The van der Waals surface area contributed by atoms with E-state index in [9.17, 15) is 4.79 Å². The van der Waals surface area contributed by atoms with Crippen LogP contribution in [-0.4, -0.2) is 35.6 Å². The van der Waals surface area contributed by atoms with Crippen molar-refractivity contribution in [2.75, 3.05) is 24.8 Å². The van der Waals surface area contributed by atoms with Gasteiger partial charge in [-0.2, -0.15) is 0 Å². The van der Waals surface area contributed by atoms with Crippen LogP contribution in [0.5, 0.6) is 11.5 Å². The molecular weight excluding hydrogens is 374 g/mol. The van der Waals surface area contributed by atoms with Crippen molar-refractivity contribution in [3.63, 3.8) is 0 Å². The molecule has 0 fully saturated rings. The quantitative estimate of drug-likeness (QED) is 0.574. The monoisotopic (exact) mass is 395 g/mol. The molecule has 0 atom stereocenters. The Kier molecular flexibility index (Phi) is 6.86. The van der Waals surface area contributed by atoms with Crippen molar-refractivity contribution >= 4 is 23.4 Å². The predicted octanol–water partition coefficient (Wildman–Crippen LogP) is 4.28. The Balaban J connectivity index is 1.56. The summed E-state index contributed by atoms with van der Waals surface area (Å²) in [5.41, 5.74) is 2.37. The molecule has 0 unspecified atom stereocenters. The summed E-state index contributed by atoms with van der Waals surface area (Å²) >= 11 is 1.33. The average molecular weight is 395 g/mol. The molecule has 0 bridgehead atoms. The molecule has 1 amide bonds. The van der Waals surface area contributed by atoms with E-state index in [1.807, 2.05) is 55.5 Å². The Bertz CT molecular complexity index is 915. The number of anilines is 1. The zero-order chi connectivity index (χ0) is 19.8. The normalized spacial score (nSPS) is 10.4. The molecule has 2 aromatic carbocycles. The summed E-state index contributed by atoms with van der Waals surface area (Å²) in [6.45, 7) is 2.59. The Morgan fingerprint density at radius 2 is 1.82 bits per heavy atom. The van der Waals surface area contributed by atoms with Gasteiger partial charge in [-0.15, -0.1) is 10.2 Å². The van der Waals surface area contributed by atoms with Crippen molar-refractivity contribution in [2.45, 2.75) is 11.9 Å². The van der Waals surface area contributed by atoms with E-state index < -0.39 is 0 Å². The minimum atomic E-state index is -0.133. The number of ether oxygens (including phenoxy) is 2. The molecule has 6 nitrogen and oxygen atoms in total. The van der Waals surface area contributed by atoms with Gasteiger partial charge in [-0.25, -0.2) is 0 Å². The van der Waals surface area contributed by atoms with Crippen LogP contribution in [0.25, 0.3) is 11.3 Å². The largest absolute Gasteiger partial charge is 0.495 e. The van der Waals surface area contributed by atoms with Crippen LogP contribution >= 0.6 is 11.8 Å². The number of nitrogens with zero attached hydrogens (tertiary/aromatic N) is 2. The molecule has 1 aromatic heterocycles. The zero-order valence-corrected chi connectivity index (χ0v) is 16.5. The number of benzene rings is 2. The van der Waals surface area contributed by atoms with E-state index in [2.05, 4.69) is 15.5 Å². The molecule has 0 saturated carbocycles. The van der Waals surface area contributed by atoms with Crippen LogP contribution in [0, 0.1) is 0 Å². The lowest BCUT2D eigenvalue weighted by Crippen LogP contribution is -2.14. The third-order valence-corrected chi connectivity index (χ3v) is 4.75. The van der Waals surface area contributed by atoms with Crippen LogP contribution in [0.3, 0.4) is 0 Å². The highest BCUT2D eigenvalue weighted by Crippen LogP contribution is 2.25. The van der Waals surface area contributed by atoms with Gasteiger partial charge in [-0.1, -0.05) is 23.9 Å². The van der Waals surface area contributed by atoms with Crippen molar-refractivity contribution in [1.29, 1.82) is 0 Å². The Morgan fingerprint density at radius 3 is 2.50 bits per heavy atom. The lowest BCUT2D eigenvalue weighted by molar-refractivity contribution is -0.113. The molecule has 3 aromatic rings. The maximum absolute atomic E-state index is 12.2. The van der Waals surface area contributed by atoms with E-state index >= 15 is 0 Å². The van der Waals surface area contributed by atoms with E-state index in [1.165, 1.54) is 11.8 Å². The van der Waals surface area contributed by atoms with E-state index in [-0.39, 0.29) is 11.7 Å². The van der Waals surface area contributed by atoms with E-state index in [0.29, 0.717) is 23.1 Å². The number of nitrogens with one attached hydrogen (secondary N) is 1. The number of amides is 1. The number of carbonyl (C=O) groups excluding carboxylic acids is 1. The van der Waals surface area contributed by atoms with Crippen LogP contribution in [0.2, 0.25) is 0 Å². The first-order chi connectivity index (χ1) is 13.7. The summed E-state index contributed by atoms with van der Waals surface area (Å²) in [6, 6.07) is 18.8. The number of methoxy groups -OCH3 is 1. The maximum Gasteiger partial charge on any atom is 0.234 e. The van der Waals surface area contributed by atoms with Gasteiger partial charge in [0.15, 0.2) is 0 Å². The van der Waals surface area contributed by atoms with Gasteiger partial charge < -0.3 is 14.8 Å². The van der Waals surface area contributed by atoms with Crippen LogP contribution in [0.4, 0.5) is 5.69 Å². The molecule has 0 aliphatic carbocycles. The second kappa shape index (κ2) is 9.75. The van der Waals surface area contributed by atoms with Crippen LogP contribution in [0.1, 0.15) is 6.92 Å². The minimum absolute atomic E-state index is 0.133. The molecule has 0 spiro atoms. The fraction of sp³-hybridized carbons (Fsp3) is 0.190. The van der Waals surface area contributed by atoms with E-state index in [1.54, 1.807) is 19.2 Å². The second-order valence-electron chi connectivity index (χ2n) is 5.75. The van der Waals surface area contributed by atoms with Crippen LogP contribution in [-0.2, 0) is 4.79 Å². The van der Waals surface area contributed by atoms with Gasteiger partial charge in [0, 0.05) is 5.56 Å². The molecule has 28 heavy (non-hydrogen) atoms. The van der Waals surface area contributed by atoms with Crippen molar-refractivity contribution in [2.24, 2.45) is 0 Å². The third-order valence-electron chi connectivity index (χ3n) is 3.83. The van der Waals surface area contributed by atoms with Crippen LogP contribution < -0.4 is 14.8 Å². The number of aromatic nitrogens is 2. The topological polar surface area (TPSA) is 73.3 Å². The molecule has 7 heteroatoms. The number of para-hydroxylation sites is 2. The molecule has 1 heterocycles. The molecule has 144 valence electrons. The first-order valence-electron chi connectivity index (χ1n) is 8.82.